The van der Waals surface area contributed by atoms with Gasteiger partial charge in [0.05, 0.1) is 5.69 Å². The van der Waals surface area contributed by atoms with E-state index in [1.807, 2.05) is 36.6 Å². The molecule has 0 saturated carbocycles. The highest BCUT2D eigenvalue weighted by Gasteiger charge is 2.06. The molecule has 0 spiro atoms. The normalized spacial score (nSPS) is 10.2. The van der Waals surface area contributed by atoms with Gasteiger partial charge in [-0.05, 0) is 12.1 Å². The predicted octanol–water partition coefficient (Wildman–Crippen LogP) is 2.74. The number of carbonyl (C=O) groups is 1. The number of nitrogens with zero attached hydrogens (tertiary/aromatic N) is 1. The SMILES string of the molecule is CCC(=O)Nc1nc(-c2cccc(N)c2)cs1. The lowest BCUT2D eigenvalue weighted by molar-refractivity contribution is -0.115. The van der Waals surface area contributed by atoms with Gasteiger partial charge in [0.15, 0.2) is 5.13 Å². The standard InChI is InChI=1S/C12H13N3OS/c1-2-11(16)15-12-14-10(7-17-12)8-4-3-5-9(13)6-8/h3-7H,2,13H2,1H3,(H,14,15,16). The molecule has 0 bridgehead atoms. The van der Waals surface area contributed by atoms with E-state index in [-0.39, 0.29) is 5.91 Å². The molecule has 3 N–H and O–H groups in total. The number of hydrogen-bond donors (Lipinski definition) is 2. The third-order valence-corrected chi connectivity index (χ3v) is 3.01. The number of aromatic nitrogens is 1. The highest BCUT2D eigenvalue weighted by Crippen LogP contribution is 2.25. The summed E-state index contributed by atoms with van der Waals surface area (Å²) < 4.78 is 0. The first-order valence-corrected chi connectivity index (χ1v) is 6.18. The molecule has 0 aliphatic heterocycles. The quantitative estimate of drug-likeness (QED) is 0.819. The Morgan fingerprint density at radius 3 is 3.06 bits per heavy atom. The molecule has 4 nitrogen and oxygen atoms in total. The molecule has 1 aromatic carbocycles. The van der Waals surface area contributed by atoms with E-state index in [1.54, 1.807) is 0 Å². The minimum Gasteiger partial charge on any atom is -0.399 e. The van der Waals surface area contributed by atoms with Crippen LogP contribution in [0.5, 0.6) is 0 Å². The maximum atomic E-state index is 11.2. The summed E-state index contributed by atoms with van der Waals surface area (Å²) >= 11 is 1.41. The highest BCUT2D eigenvalue weighted by molar-refractivity contribution is 7.14. The van der Waals surface area contributed by atoms with E-state index in [9.17, 15) is 4.79 Å². The summed E-state index contributed by atoms with van der Waals surface area (Å²) in [6, 6.07) is 7.52. The summed E-state index contributed by atoms with van der Waals surface area (Å²) in [7, 11) is 0. The first-order valence-electron chi connectivity index (χ1n) is 5.30. The lowest BCUT2D eigenvalue weighted by atomic mass is 10.1. The van der Waals surface area contributed by atoms with Crippen molar-refractivity contribution in [1.29, 1.82) is 0 Å². The molecule has 1 heterocycles. The van der Waals surface area contributed by atoms with Crippen LogP contribution < -0.4 is 11.1 Å². The monoisotopic (exact) mass is 247 g/mol. The summed E-state index contributed by atoms with van der Waals surface area (Å²) in [6.07, 6.45) is 0.452. The third kappa shape index (κ3) is 2.82. The summed E-state index contributed by atoms with van der Waals surface area (Å²) in [5.74, 6) is -0.0292. The van der Waals surface area contributed by atoms with Crippen LogP contribution >= 0.6 is 11.3 Å². The van der Waals surface area contributed by atoms with Gasteiger partial charge in [-0.3, -0.25) is 4.79 Å². The average molecular weight is 247 g/mol. The van der Waals surface area contributed by atoms with Gasteiger partial charge in [-0.15, -0.1) is 11.3 Å². The third-order valence-electron chi connectivity index (χ3n) is 2.25. The van der Waals surface area contributed by atoms with E-state index in [2.05, 4.69) is 10.3 Å². The fourth-order valence-electron chi connectivity index (χ4n) is 1.37. The van der Waals surface area contributed by atoms with Crippen LogP contribution in [0.3, 0.4) is 0 Å². The molecule has 17 heavy (non-hydrogen) atoms. The number of hydrogen-bond acceptors (Lipinski definition) is 4. The Morgan fingerprint density at radius 2 is 2.35 bits per heavy atom. The van der Waals surface area contributed by atoms with Gasteiger partial charge >= 0.3 is 0 Å². The number of amides is 1. The number of rotatable bonds is 3. The van der Waals surface area contributed by atoms with Gasteiger partial charge in [0, 0.05) is 23.1 Å². The van der Waals surface area contributed by atoms with Crippen LogP contribution in [0, 0.1) is 0 Å². The Kier molecular flexibility index (Phi) is 3.39. The molecule has 1 aromatic heterocycles. The molecule has 0 saturated heterocycles. The summed E-state index contributed by atoms with van der Waals surface area (Å²) in [5.41, 5.74) is 8.20. The van der Waals surface area contributed by atoms with Crippen molar-refractivity contribution < 1.29 is 4.79 Å². The zero-order chi connectivity index (χ0) is 12.3. The largest absolute Gasteiger partial charge is 0.399 e. The van der Waals surface area contributed by atoms with Crippen molar-refractivity contribution in [2.45, 2.75) is 13.3 Å². The number of anilines is 2. The van der Waals surface area contributed by atoms with Crippen LogP contribution in [0.15, 0.2) is 29.6 Å². The second-order valence-corrected chi connectivity index (χ2v) is 4.42. The molecule has 1 amide bonds. The molecule has 5 heteroatoms. The van der Waals surface area contributed by atoms with E-state index in [1.165, 1.54) is 11.3 Å². The number of nitrogen functional groups attached to an aromatic ring is 1. The van der Waals surface area contributed by atoms with Crippen molar-refractivity contribution in [2.75, 3.05) is 11.1 Å². The minimum atomic E-state index is -0.0292. The molecule has 0 aliphatic carbocycles. The number of benzene rings is 1. The van der Waals surface area contributed by atoms with Gasteiger partial charge in [0.1, 0.15) is 0 Å². The van der Waals surface area contributed by atoms with Crippen molar-refractivity contribution in [3.63, 3.8) is 0 Å². The number of nitrogens with one attached hydrogen (secondary N) is 1. The lowest BCUT2D eigenvalue weighted by Crippen LogP contribution is -2.08. The highest BCUT2D eigenvalue weighted by atomic mass is 32.1. The fraction of sp³-hybridized carbons (Fsp3) is 0.167. The number of nitrogens with two attached hydrogens (primary N) is 1. The average Bonchev–Trinajstić information content (AvgIpc) is 2.77. The second-order valence-electron chi connectivity index (χ2n) is 3.57. The second kappa shape index (κ2) is 4.97. The van der Waals surface area contributed by atoms with Crippen molar-refractivity contribution in [2.24, 2.45) is 0 Å². The van der Waals surface area contributed by atoms with Gasteiger partial charge in [-0.2, -0.15) is 0 Å². The van der Waals surface area contributed by atoms with Crippen LogP contribution in [0.1, 0.15) is 13.3 Å². The van der Waals surface area contributed by atoms with E-state index in [0.717, 1.165) is 11.3 Å². The van der Waals surface area contributed by atoms with Crippen molar-refractivity contribution >= 4 is 28.1 Å². The lowest BCUT2D eigenvalue weighted by Gasteiger charge is -1.98. The van der Waals surface area contributed by atoms with Gasteiger partial charge in [0.2, 0.25) is 5.91 Å². The predicted molar refractivity (Wildman–Crippen MR) is 70.9 cm³/mol. The Bertz CT molecular complexity index is 536. The van der Waals surface area contributed by atoms with Crippen LogP contribution in [0.25, 0.3) is 11.3 Å². The Balaban J connectivity index is 2.21. The Labute approximate surface area is 103 Å². The van der Waals surface area contributed by atoms with Gasteiger partial charge in [-0.25, -0.2) is 4.98 Å². The van der Waals surface area contributed by atoms with Crippen LogP contribution in [0.4, 0.5) is 10.8 Å². The Morgan fingerprint density at radius 1 is 1.53 bits per heavy atom. The van der Waals surface area contributed by atoms with Crippen LogP contribution in [0.2, 0.25) is 0 Å². The maximum Gasteiger partial charge on any atom is 0.225 e. The van der Waals surface area contributed by atoms with Crippen LogP contribution in [-0.2, 0) is 4.79 Å². The van der Waals surface area contributed by atoms with Gasteiger partial charge in [-0.1, -0.05) is 19.1 Å². The molecule has 2 rings (SSSR count). The van der Waals surface area contributed by atoms with E-state index in [0.29, 0.717) is 17.2 Å². The molecule has 0 unspecified atom stereocenters. The fourth-order valence-corrected chi connectivity index (χ4v) is 2.11. The molecule has 88 valence electrons. The van der Waals surface area contributed by atoms with E-state index < -0.39 is 0 Å². The summed E-state index contributed by atoms with van der Waals surface area (Å²) in [6.45, 7) is 1.81. The summed E-state index contributed by atoms with van der Waals surface area (Å²) in [4.78, 5) is 15.6. The number of carbonyl (C=O) groups excluding carboxylic acids is 1. The van der Waals surface area contributed by atoms with Crippen molar-refractivity contribution in [1.82, 2.24) is 4.98 Å². The maximum absolute atomic E-state index is 11.2. The van der Waals surface area contributed by atoms with Gasteiger partial charge in [0.25, 0.3) is 0 Å². The first kappa shape index (κ1) is 11.6. The first-order chi connectivity index (χ1) is 8.19. The van der Waals surface area contributed by atoms with E-state index in [4.69, 9.17) is 5.73 Å². The molecule has 2 aromatic rings. The number of thiazole rings is 1. The molecule has 0 radical (unpaired) electrons. The molecular formula is C12H13N3OS. The smallest absolute Gasteiger partial charge is 0.225 e. The topological polar surface area (TPSA) is 68.0 Å². The van der Waals surface area contributed by atoms with E-state index >= 15 is 0 Å². The molecular weight excluding hydrogens is 234 g/mol. The minimum absolute atomic E-state index is 0.0292. The van der Waals surface area contributed by atoms with Crippen molar-refractivity contribution in [3.05, 3.63) is 29.6 Å². The van der Waals surface area contributed by atoms with Gasteiger partial charge < -0.3 is 11.1 Å². The molecule has 0 fully saturated rings. The zero-order valence-corrected chi connectivity index (χ0v) is 10.3. The molecule has 0 aliphatic rings. The zero-order valence-electron chi connectivity index (χ0n) is 9.43. The van der Waals surface area contributed by atoms with Crippen molar-refractivity contribution in [3.8, 4) is 11.3 Å². The summed E-state index contributed by atoms with van der Waals surface area (Å²) in [5, 5.41) is 5.26. The van der Waals surface area contributed by atoms with Crippen LogP contribution in [-0.4, -0.2) is 10.9 Å². The Hall–Kier alpha value is -1.88. The molecule has 0 atom stereocenters.